The average Bonchev–Trinajstić information content (AvgIpc) is 2.62. The first kappa shape index (κ1) is 19.0. The summed E-state index contributed by atoms with van der Waals surface area (Å²) in [6, 6.07) is 15.4. The third-order valence-electron chi connectivity index (χ3n) is 3.64. The highest BCUT2D eigenvalue weighted by Gasteiger charge is 2.09. The van der Waals surface area contributed by atoms with Gasteiger partial charge in [0.25, 0.3) is 5.91 Å². The van der Waals surface area contributed by atoms with Crippen molar-refractivity contribution in [2.45, 2.75) is 20.8 Å². The predicted octanol–water partition coefficient (Wildman–Crippen LogP) is 4.06. The van der Waals surface area contributed by atoms with Crippen LogP contribution in [0.15, 0.2) is 54.6 Å². The lowest BCUT2D eigenvalue weighted by molar-refractivity contribution is -0.131. The highest BCUT2D eigenvalue weighted by molar-refractivity contribution is 6.04. The van der Waals surface area contributed by atoms with Crippen LogP contribution in [0.4, 0.5) is 5.69 Å². The number of anilines is 1. The zero-order chi connectivity index (χ0) is 20.1. The van der Waals surface area contributed by atoms with Crippen molar-refractivity contribution in [3.8, 4) is 17.5 Å². The zero-order valence-corrected chi connectivity index (χ0v) is 15.7. The average molecular weight is 377 g/mol. The molecule has 1 aromatic heterocycles. The number of amides is 1. The van der Waals surface area contributed by atoms with Crippen LogP contribution in [0.25, 0.3) is 0 Å². The summed E-state index contributed by atoms with van der Waals surface area (Å²) in [6.07, 6.45) is 0. The molecule has 0 fully saturated rings. The van der Waals surface area contributed by atoms with Crippen LogP contribution in [0.3, 0.4) is 0 Å². The van der Waals surface area contributed by atoms with E-state index in [2.05, 4.69) is 15.3 Å². The molecule has 0 aliphatic rings. The molecule has 2 aromatic carbocycles. The molecule has 28 heavy (non-hydrogen) atoms. The summed E-state index contributed by atoms with van der Waals surface area (Å²) in [4.78, 5) is 31.9. The molecule has 7 heteroatoms. The van der Waals surface area contributed by atoms with Crippen molar-refractivity contribution in [3.63, 3.8) is 0 Å². The van der Waals surface area contributed by atoms with Crippen molar-refractivity contribution in [1.82, 2.24) is 9.97 Å². The SMILES string of the molecule is CC(=O)Oc1cccc(C(=O)Nc2ccc(Oc3nc(C)cc(C)n3)cc2)c1. The van der Waals surface area contributed by atoms with Gasteiger partial charge in [0.05, 0.1) is 0 Å². The molecule has 3 rings (SSSR count). The first-order valence-electron chi connectivity index (χ1n) is 8.59. The maximum Gasteiger partial charge on any atom is 0.322 e. The highest BCUT2D eigenvalue weighted by atomic mass is 16.5. The third-order valence-corrected chi connectivity index (χ3v) is 3.64. The van der Waals surface area contributed by atoms with Crippen LogP contribution in [0.2, 0.25) is 0 Å². The van der Waals surface area contributed by atoms with E-state index in [1.54, 1.807) is 42.5 Å². The molecule has 0 saturated carbocycles. The topological polar surface area (TPSA) is 90.4 Å². The number of hydrogen-bond acceptors (Lipinski definition) is 6. The Bertz CT molecular complexity index is 996. The Labute approximate surface area is 162 Å². The Balaban J connectivity index is 1.67. The van der Waals surface area contributed by atoms with Gasteiger partial charge in [-0.05, 0) is 62.4 Å². The molecule has 3 aromatic rings. The Hall–Kier alpha value is -3.74. The number of aryl methyl sites for hydroxylation is 2. The molecular weight excluding hydrogens is 358 g/mol. The molecule has 142 valence electrons. The van der Waals surface area contributed by atoms with Gasteiger partial charge in [-0.25, -0.2) is 9.97 Å². The molecular formula is C21H19N3O4. The smallest absolute Gasteiger partial charge is 0.322 e. The van der Waals surface area contributed by atoms with Crippen LogP contribution in [0, 0.1) is 13.8 Å². The van der Waals surface area contributed by atoms with Gasteiger partial charge in [-0.1, -0.05) is 6.07 Å². The van der Waals surface area contributed by atoms with Crippen LogP contribution in [-0.2, 0) is 4.79 Å². The Kier molecular flexibility index (Phi) is 5.64. The molecule has 1 N–H and O–H groups in total. The summed E-state index contributed by atoms with van der Waals surface area (Å²) >= 11 is 0. The first-order valence-corrected chi connectivity index (χ1v) is 8.59. The van der Waals surface area contributed by atoms with Crippen LogP contribution in [0.5, 0.6) is 17.5 Å². The minimum Gasteiger partial charge on any atom is -0.427 e. The van der Waals surface area contributed by atoms with E-state index < -0.39 is 5.97 Å². The molecule has 0 aliphatic heterocycles. The number of carbonyl (C=O) groups is 2. The van der Waals surface area contributed by atoms with Crippen molar-refractivity contribution in [2.24, 2.45) is 0 Å². The lowest BCUT2D eigenvalue weighted by Crippen LogP contribution is -2.12. The quantitative estimate of drug-likeness (QED) is 0.533. The van der Waals surface area contributed by atoms with Crippen LogP contribution in [0.1, 0.15) is 28.7 Å². The van der Waals surface area contributed by atoms with Crippen molar-refractivity contribution in [3.05, 3.63) is 71.5 Å². The standard InChI is InChI=1S/C21H19N3O4/c1-13-11-14(2)23-21(22-13)28-18-9-7-17(8-10-18)24-20(26)16-5-4-6-19(12-16)27-15(3)25/h4-12H,1-3H3,(H,24,26). The molecule has 0 aliphatic carbocycles. The van der Waals surface area contributed by atoms with E-state index in [9.17, 15) is 9.59 Å². The van der Waals surface area contributed by atoms with Gasteiger partial charge < -0.3 is 14.8 Å². The van der Waals surface area contributed by atoms with E-state index in [0.29, 0.717) is 22.7 Å². The Morgan fingerprint density at radius 3 is 2.21 bits per heavy atom. The third kappa shape index (κ3) is 5.14. The summed E-state index contributed by atoms with van der Waals surface area (Å²) in [7, 11) is 0. The summed E-state index contributed by atoms with van der Waals surface area (Å²) in [5, 5.41) is 2.78. The molecule has 0 spiro atoms. The van der Waals surface area contributed by atoms with Gasteiger partial charge in [0, 0.05) is 29.6 Å². The van der Waals surface area contributed by atoms with Gasteiger partial charge in [-0.3, -0.25) is 9.59 Å². The van der Waals surface area contributed by atoms with Crippen LogP contribution >= 0.6 is 0 Å². The van der Waals surface area contributed by atoms with Crippen molar-refractivity contribution >= 4 is 17.6 Å². The number of hydrogen-bond donors (Lipinski definition) is 1. The van der Waals surface area contributed by atoms with E-state index in [0.717, 1.165) is 11.4 Å². The molecule has 0 radical (unpaired) electrons. The van der Waals surface area contributed by atoms with E-state index >= 15 is 0 Å². The second-order valence-corrected chi connectivity index (χ2v) is 6.14. The summed E-state index contributed by atoms with van der Waals surface area (Å²) in [5.74, 6) is 0.110. The second-order valence-electron chi connectivity index (χ2n) is 6.14. The molecule has 0 bridgehead atoms. The minimum absolute atomic E-state index is 0.275. The van der Waals surface area contributed by atoms with Crippen molar-refractivity contribution in [2.75, 3.05) is 5.32 Å². The maximum absolute atomic E-state index is 12.4. The van der Waals surface area contributed by atoms with E-state index in [4.69, 9.17) is 9.47 Å². The highest BCUT2D eigenvalue weighted by Crippen LogP contribution is 2.22. The fourth-order valence-corrected chi connectivity index (χ4v) is 2.52. The van der Waals surface area contributed by atoms with Crippen LogP contribution in [-0.4, -0.2) is 21.8 Å². The van der Waals surface area contributed by atoms with Crippen LogP contribution < -0.4 is 14.8 Å². The number of aromatic nitrogens is 2. The normalized spacial score (nSPS) is 10.2. The van der Waals surface area contributed by atoms with Gasteiger partial charge in [0.15, 0.2) is 0 Å². The number of nitrogens with zero attached hydrogens (tertiary/aromatic N) is 2. The largest absolute Gasteiger partial charge is 0.427 e. The summed E-state index contributed by atoms with van der Waals surface area (Å²) < 4.78 is 10.7. The molecule has 1 amide bonds. The van der Waals surface area contributed by atoms with Crippen molar-refractivity contribution < 1.29 is 19.1 Å². The number of carbonyl (C=O) groups excluding carboxylic acids is 2. The Morgan fingerprint density at radius 2 is 1.57 bits per heavy atom. The number of esters is 1. The summed E-state index contributed by atoms with van der Waals surface area (Å²) in [6.45, 7) is 5.05. The van der Waals surface area contributed by atoms with Crippen molar-refractivity contribution in [1.29, 1.82) is 0 Å². The number of rotatable bonds is 5. The van der Waals surface area contributed by atoms with Gasteiger partial charge in [-0.2, -0.15) is 0 Å². The zero-order valence-electron chi connectivity index (χ0n) is 15.7. The molecule has 1 heterocycles. The van der Waals surface area contributed by atoms with Gasteiger partial charge in [0.1, 0.15) is 11.5 Å². The molecule has 0 unspecified atom stereocenters. The number of nitrogens with one attached hydrogen (secondary N) is 1. The number of ether oxygens (including phenoxy) is 2. The Morgan fingerprint density at radius 1 is 0.893 bits per heavy atom. The van der Waals surface area contributed by atoms with Gasteiger partial charge in [0.2, 0.25) is 0 Å². The van der Waals surface area contributed by atoms with Gasteiger partial charge >= 0.3 is 12.0 Å². The molecule has 7 nitrogen and oxygen atoms in total. The lowest BCUT2D eigenvalue weighted by Gasteiger charge is -2.09. The fraction of sp³-hybridized carbons (Fsp3) is 0.143. The number of benzene rings is 2. The lowest BCUT2D eigenvalue weighted by atomic mass is 10.2. The first-order chi connectivity index (χ1) is 13.4. The van der Waals surface area contributed by atoms with E-state index in [-0.39, 0.29) is 11.9 Å². The summed E-state index contributed by atoms with van der Waals surface area (Å²) in [5.41, 5.74) is 2.61. The van der Waals surface area contributed by atoms with Gasteiger partial charge in [-0.15, -0.1) is 0 Å². The fourth-order valence-electron chi connectivity index (χ4n) is 2.52. The maximum atomic E-state index is 12.4. The molecule has 0 saturated heterocycles. The molecule has 0 atom stereocenters. The minimum atomic E-state index is -0.444. The predicted molar refractivity (Wildman–Crippen MR) is 104 cm³/mol. The van der Waals surface area contributed by atoms with E-state index in [1.807, 2.05) is 19.9 Å². The van der Waals surface area contributed by atoms with E-state index in [1.165, 1.54) is 13.0 Å². The second kappa shape index (κ2) is 8.30. The monoisotopic (exact) mass is 377 g/mol.